The second-order valence-corrected chi connectivity index (χ2v) is 6.74. The summed E-state index contributed by atoms with van der Waals surface area (Å²) >= 11 is 0. The Kier molecular flexibility index (Phi) is 7.87. The fourth-order valence-electron chi connectivity index (χ4n) is 2.86. The van der Waals surface area contributed by atoms with Gasteiger partial charge in [0, 0.05) is 30.4 Å². The summed E-state index contributed by atoms with van der Waals surface area (Å²) in [6.45, 7) is 6.19. The lowest BCUT2D eigenvalue weighted by Crippen LogP contribution is -2.40. The first kappa shape index (κ1) is 21.3. The normalized spacial score (nSPS) is 11.4. The van der Waals surface area contributed by atoms with E-state index in [9.17, 15) is 9.59 Å². The van der Waals surface area contributed by atoms with Gasteiger partial charge in [-0.25, -0.2) is 0 Å². The van der Waals surface area contributed by atoms with Crippen LogP contribution in [0.5, 0.6) is 5.75 Å². The van der Waals surface area contributed by atoms with E-state index in [0.29, 0.717) is 6.42 Å². The molecule has 2 aromatic carbocycles. The molecule has 0 bridgehead atoms. The Morgan fingerprint density at radius 1 is 1.11 bits per heavy atom. The number of anilines is 2. The molecule has 0 aromatic heterocycles. The van der Waals surface area contributed by atoms with Gasteiger partial charge in [0.2, 0.25) is 11.8 Å². The van der Waals surface area contributed by atoms with Gasteiger partial charge in [0.1, 0.15) is 11.8 Å². The summed E-state index contributed by atoms with van der Waals surface area (Å²) in [7, 11) is 1.60. The number of hydrogen-bond acceptors (Lipinski definition) is 4. The lowest BCUT2D eigenvalue weighted by molar-refractivity contribution is -0.122. The summed E-state index contributed by atoms with van der Waals surface area (Å²) in [6.07, 6.45) is 0.840. The predicted octanol–water partition coefficient (Wildman–Crippen LogP) is 3.65. The van der Waals surface area contributed by atoms with Crippen LogP contribution in [0.15, 0.2) is 42.5 Å². The van der Waals surface area contributed by atoms with Crippen molar-refractivity contribution in [3.8, 4) is 5.75 Å². The molecule has 0 aliphatic carbocycles. The van der Waals surface area contributed by atoms with Gasteiger partial charge in [0.15, 0.2) is 0 Å². The van der Waals surface area contributed by atoms with E-state index >= 15 is 0 Å². The van der Waals surface area contributed by atoms with Crippen molar-refractivity contribution in [2.75, 3.05) is 24.3 Å². The zero-order valence-corrected chi connectivity index (χ0v) is 17.0. The molecule has 0 saturated heterocycles. The Morgan fingerprint density at radius 2 is 1.89 bits per heavy atom. The number of aryl methyl sites for hydroxylation is 2. The number of carbonyl (C=O) groups excluding carboxylic acids is 2. The molecule has 2 aromatic rings. The SMILES string of the molecule is CCC(Nc1cccc(OC)c1)C(=O)NCCC(=O)Nc1ccc(C)cc1C. The molecule has 0 aliphatic heterocycles. The second-order valence-electron chi connectivity index (χ2n) is 6.74. The molecule has 0 aliphatic rings. The van der Waals surface area contributed by atoms with Crippen molar-refractivity contribution in [3.05, 3.63) is 53.6 Å². The van der Waals surface area contributed by atoms with Crippen LogP contribution in [0.3, 0.4) is 0 Å². The molecule has 1 atom stereocenters. The number of methoxy groups -OCH3 is 1. The Labute approximate surface area is 166 Å². The van der Waals surface area contributed by atoms with Crippen molar-refractivity contribution in [2.24, 2.45) is 0 Å². The highest BCUT2D eigenvalue weighted by Crippen LogP contribution is 2.18. The maximum Gasteiger partial charge on any atom is 0.242 e. The number of nitrogens with one attached hydrogen (secondary N) is 3. The van der Waals surface area contributed by atoms with E-state index in [4.69, 9.17) is 4.74 Å². The Balaban J connectivity index is 1.81. The third kappa shape index (κ3) is 6.30. The summed E-state index contributed by atoms with van der Waals surface area (Å²) in [5.41, 5.74) is 3.78. The first-order chi connectivity index (χ1) is 13.4. The quantitative estimate of drug-likeness (QED) is 0.618. The molecule has 150 valence electrons. The number of amides is 2. The summed E-state index contributed by atoms with van der Waals surface area (Å²) in [6, 6.07) is 12.9. The maximum atomic E-state index is 12.4. The van der Waals surface area contributed by atoms with Crippen molar-refractivity contribution in [1.82, 2.24) is 5.32 Å². The van der Waals surface area contributed by atoms with Gasteiger partial charge in [0.25, 0.3) is 0 Å². The van der Waals surface area contributed by atoms with Crippen molar-refractivity contribution in [1.29, 1.82) is 0 Å². The average molecular weight is 383 g/mol. The van der Waals surface area contributed by atoms with E-state index in [1.165, 1.54) is 0 Å². The van der Waals surface area contributed by atoms with Crippen LogP contribution in [-0.4, -0.2) is 31.5 Å². The first-order valence-corrected chi connectivity index (χ1v) is 9.48. The minimum atomic E-state index is -0.380. The van der Waals surface area contributed by atoms with Gasteiger partial charge in [-0.3, -0.25) is 9.59 Å². The van der Waals surface area contributed by atoms with Crippen LogP contribution in [0, 0.1) is 13.8 Å². The van der Waals surface area contributed by atoms with E-state index in [1.807, 2.05) is 63.2 Å². The van der Waals surface area contributed by atoms with Gasteiger partial charge >= 0.3 is 0 Å². The van der Waals surface area contributed by atoms with Gasteiger partial charge in [-0.2, -0.15) is 0 Å². The lowest BCUT2D eigenvalue weighted by atomic mass is 10.1. The van der Waals surface area contributed by atoms with E-state index in [1.54, 1.807) is 7.11 Å². The molecular weight excluding hydrogens is 354 g/mol. The predicted molar refractivity (Wildman–Crippen MR) is 113 cm³/mol. The molecule has 0 saturated carbocycles. The fourth-order valence-corrected chi connectivity index (χ4v) is 2.86. The number of rotatable bonds is 9. The monoisotopic (exact) mass is 383 g/mol. The summed E-state index contributed by atoms with van der Waals surface area (Å²) in [4.78, 5) is 24.6. The van der Waals surface area contributed by atoms with Gasteiger partial charge in [-0.1, -0.05) is 30.7 Å². The van der Waals surface area contributed by atoms with Crippen molar-refractivity contribution in [2.45, 2.75) is 39.7 Å². The number of benzene rings is 2. The van der Waals surface area contributed by atoms with Gasteiger partial charge < -0.3 is 20.7 Å². The molecular formula is C22H29N3O3. The molecule has 6 nitrogen and oxygen atoms in total. The van der Waals surface area contributed by atoms with Crippen LogP contribution in [0.1, 0.15) is 30.9 Å². The van der Waals surface area contributed by atoms with Gasteiger partial charge in [-0.15, -0.1) is 0 Å². The molecule has 6 heteroatoms. The first-order valence-electron chi connectivity index (χ1n) is 9.48. The third-order valence-electron chi connectivity index (χ3n) is 4.44. The van der Waals surface area contributed by atoms with Crippen LogP contribution in [0.4, 0.5) is 11.4 Å². The number of hydrogen-bond donors (Lipinski definition) is 3. The highest BCUT2D eigenvalue weighted by atomic mass is 16.5. The lowest BCUT2D eigenvalue weighted by Gasteiger charge is -2.18. The smallest absolute Gasteiger partial charge is 0.242 e. The van der Waals surface area contributed by atoms with Gasteiger partial charge in [0.05, 0.1) is 7.11 Å². The molecule has 2 amide bonds. The maximum absolute atomic E-state index is 12.4. The topological polar surface area (TPSA) is 79.5 Å². The number of carbonyl (C=O) groups is 2. The largest absolute Gasteiger partial charge is 0.497 e. The highest BCUT2D eigenvalue weighted by Gasteiger charge is 2.16. The molecule has 0 fully saturated rings. The Morgan fingerprint density at radius 3 is 2.57 bits per heavy atom. The molecule has 0 spiro atoms. The minimum Gasteiger partial charge on any atom is -0.497 e. The summed E-state index contributed by atoms with van der Waals surface area (Å²) < 4.78 is 5.20. The standard InChI is InChI=1S/C22H29N3O3/c1-5-19(24-17-7-6-8-18(14-17)28-4)22(27)23-12-11-21(26)25-20-10-9-15(2)13-16(20)3/h6-10,13-14,19,24H,5,11-12H2,1-4H3,(H,23,27)(H,25,26). The summed E-state index contributed by atoms with van der Waals surface area (Å²) in [5.74, 6) is 0.467. The van der Waals surface area contributed by atoms with Crippen molar-refractivity contribution >= 4 is 23.2 Å². The highest BCUT2D eigenvalue weighted by molar-refractivity contribution is 5.92. The average Bonchev–Trinajstić information content (AvgIpc) is 2.68. The van der Waals surface area contributed by atoms with Crippen LogP contribution >= 0.6 is 0 Å². The molecule has 3 N–H and O–H groups in total. The molecule has 1 unspecified atom stereocenters. The molecule has 0 radical (unpaired) electrons. The van der Waals surface area contributed by atoms with E-state index < -0.39 is 0 Å². The third-order valence-corrected chi connectivity index (χ3v) is 4.44. The molecule has 0 heterocycles. The van der Waals surface area contributed by atoms with Crippen LogP contribution in [-0.2, 0) is 9.59 Å². The van der Waals surface area contributed by atoms with E-state index in [0.717, 1.165) is 28.3 Å². The van der Waals surface area contributed by atoms with Crippen LogP contribution in [0.2, 0.25) is 0 Å². The molecule has 2 rings (SSSR count). The van der Waals surface area contributed by atoms with Crippen molar-refractivity contribution < 1.29 is 14.3 Å². The van der Waals surface area contributed by atoms with Gasteiger partial charge in [-0.05, 0) is 44.0 Å². The zero-order valence-electron chi connectivity index (χ0n) is 17.0. The zero-order chi connectivity index (χ0) is 20.5. The fraction of sp³-hybridized carbons (Fsp3) is 0.364. The summed E-state index contributed by atoms with van der Waals surface area (Å²) in [5, 5.41) is 8.92. The van der Waals surface area contributed by atoms with E-state index in [-0.39, 0.29) is 30.8 Å². The van der Waals surface area contributed by atoms with Crippen molar-refractivity contribution in [3.63, 3.8) is 0 Å². The second kappa shape index (κ2) is 10.3. The molecule has 28 heavy (non-hydrogen) atoms. The van der Waals surface area contributed by atoms with E-state index in [2.05, 4.69) is 16.0 Å². The number of ether oxygens (including phenoxy) is 1. The Bertz CT molecular complexity index is 820. The van der Waals surface area contributed by atoms with Crippen LogP contribution in [0.25, 0.3) is 0 Å². The minimum absolute atomic E-state index is 0.124. The van der Waals surface area contributed by atoms with Crippen LogP contribution < -0.4 is 20.7 Å². The Hall–Kier alpha value is -3.02.